The van der Waals surface area contributed by atoms with E-state index in [1.807, 2.05) is 38.1 Å². The highest BCUT2D eigenvalue weighted by atomic mass is 127. The smallest absolute Gasteiger partial charge is 0.251 e. The van der Waals surface area contributed by atoms with Gasteiger partial charge < -0.3 is 14.6 Å². The van der Waals surface area contributed by atoms with E-state index < -0.39 is 11.2 Å². The summed E-state index contributed by atoms with van der Waals surface area (Å²) in [6.45, 7) is 3.97. The lowest BCUT2D eigenvalue weighted by Gasteiger charge is -2.21. The minimum atomic E-state index is -0.824. The van der Waals surface area contributed by atoms with Crippen molar-refractivity contribution in [3.05, 3.63) is 97.5 Å². The van der Waals surface area contributed by atoms with Crippen molar-refractivity contribution in [2.75, 3.05) is 4.90 Å². The van der Waals surface area contributed by atoms with Crippen molar-refractivity contribution in [2.45, 2.75) is 32.4 Å². The van der Waals surface area contributed by atoms with Crippen molar-refractivity contribution in [1.82, 2.24) is 5.32 Å². The maximum absolute atomic E-state index is 14.5. The van der Waals surface area contributed by atoms with Gasteiger partial charge in [-0.05, 0) is 78.4 Å². The third kappa shape index (κ3) is 4.10. The van der Waals surface area contributed by atoms with Gasteiger partial charge in [0.25, 0.3) is 5.91 Å². The Morgan fingerprint density at radius 2 is 1.94 bits per heavy atom. The summed E-state index contributed by atoms with van der Waals surface area (Å²) in [5.74, 6) is -0.922. The number of rotatable bonds is 5. The Morgan fingerprint density at radius 3 is 2.71 bits per heavy atom. The fourth-order valence-electron chi connectivity index (χ4n) is 4.60. The highest BCUT2D eigenvalue weighted by Crippen LogP contribution is 2.45. The van der Waals surface area contributed by atoms with Gasteiger partial charge in [0.2, 0.25) is 5.91 Å². The summed E-state index contributed by atoms with van der Waals surface area (Å²) in [6.07, 6.45) is 1.62. The summed E-state index contributed by atoms with van der Waals surface area (Å²) in [5, 5.41) is 4.15. The highest BCUT2D eigenvalue weighted by Gasteiger charge is 2.46. The molecule has 0 saturated carbocycles. The zero-order chi connectivity index (χ0) is 24.9. The van der Waals surface area contributed by atoms with Gasteiger partial charge in [0.05, 0.1) is 23.9 Å². The van der Waals surface area contributed by atoms with Gasteiger partial charge in [-0.1, -0.05) is 29.8 Å². The number of hydrogen-bond acceptors (Lipinski definition) is 3. The van der Waals surface area contributed by atoms with Crippen LogP contribution in [-0.4, -0.2) is 11.8 Å². The largest absolute Gasteiger partial charge is 0.464 e. The topological polar surface area (TPSA) is 62.6 Å². The van der Waals surface area contributed by atoms with Crippen molar-refractivity contribution in [2.24, 2.45) is 0 Å². The number of nitrogens with zero attached hydrogens (tertiary/aromatic N) is 1. The third-order valence-electron chi connectivity index (χ3n) is 6.43. The van der Waals surface area contributed by atoms with Gasteiger partial charge in [-0.2, -0.15) is 0 Å². The molecule has 1 aromatic heterocycles. The van der Waals surface area contributed by atoms with Gasteiger partial charge in [0.1, 0.15) is 11.4 Å². The average molecular weight is 603 g/mol. The van der Waals surface area contributed by atoms with Crippen molar-refractivity contribution in [1.29, 1.82) is 0 Å². The normalized spacial score (nSPS) is 14.4. The van der Waals surface area contributed by atoms with Crippen LogP contribution >= 0.6 is 34.2 Å². The van der Waals surface area contributed by atoms with Crippen LogP contribution < -0.4 is 10.2 Å². The molecule has 0 aliphatic carbocycles. The van der Waals surface area contributed by atoms with Crippen LogP contribution in [0.15, 0.2) is 65.3 Å². The van der Waals surface area contributed by atoms with Crippen LogP contribution in [0.3, 0.4) is 0 Å². The molecule has 0 spiro atoms. The molecular weight excluding hydrogens is 582 g/mol. The van der Waals surface area contributed by atoms with Gasteiger partial charge in [-0.25, -0.2) is 4.39 Å². The van der Waals surface area contributed by atoms with E-state index in [1.165, 1.54) is 17.0 Å². The van der Waals surface area contributed by atoms with Crippen molar-refractivity contribution in [3.63, 3.8) is 0 Å². The number of carbonyl (C=O) groups excluding carboxylic acids is 2. The first kappa shape index (κ1) is 23.8. The van der Waals surface area contributed by atoms with Crippen LogP contribution in [0.2, 0.25) is 5.02 Å². The monoisotopic (exact) mass is 602 g/mol. The van der Waals surface area contributed by atoms with Crippen LogP contribution in [0, 0.1) is 9.39 Å². The number of halogens is 3. The Balaban J connectivity index is 1.48. The maximum atomic E-state index is 14.5. The molecule has 0 radical (unpaired) electrons. The Labute approximate surface area is 220 Å². The lowest BCUT2D eigenvalue weighted by molar-refractivity contribution is -0.122. The number of benzene rings is 3. The summed E-state index contributed by atoms with van der Waals surface area (Å²) in [4.78, 5) is 28.1. The molecule has 0 fully saturated rings. The van der Waals surface area contributed by atoms with E-state index in [-0.39, 0.29) is 28.9 Å². The first-order valence-electron chi connectivity index (χ1n) is 11.0. The standard InChI is InChI=1S/C27H21ClFIN2O3/c1-27(2)24-21(30)11-16(25(33)31-13-15-5-3-8-23-17(15)9-10-35-23)12-22(24)32(26(27)34)14-18-19(28)6-4-7-20(18)29/h3-12H,13-14H2,1-2H3,(H,31,33). The van der Waals surface area contributed by atoms with Crippen LogP contribution in [0.4, 0.5) is 10.1 Å². The van der Waals surface area contributed by atoms with E-state index in [0.717, 1.165) is 25.7 Å². The Bertz CT molecular complexity index is 1480. The average Bonchev–Trinajstić information content (AvgIpc) is 3.37. The second kappa shape index (κ2) is 8.95. The predicted molar refractivity (Wildman–Crippen MR) is 142 cm³/mol. The quantitative estimate of drug-likeness (QED) is 0.263. The van der Waals surface area contributed by atoms with Crippen LogP contribution in [-0.2, 0) is 23.3 Å². The van der Waals surface area contributed by atoms with E-state index in [0.29, 0.717) is 17.8 Å². The molecular formula is C27H21ClFIN2O3. The summed E-state index contributed by atoms with van der Waals surface area (Å²) in [6, 6.07) is 15.5. The van der Waals surface area contributed by atoms with E-state index in [9.17, 15) is 14.0 Å². The van der Waals surface area contributed by atoms with E-state index in [4.69, 9.17) is 16.0 Å². The second-order valence-electron chi connectivity index (χ2n) is 9.00. The van der Waals surface area contributed by atoms with E-state index >= 15 is 0 Å². The fraction of sp³-hybridized carbons (Fsp3) is 0.185. The molecule has 4 aromatic rings. The molecule has 178 valence electrons. The maximum Gasteiger partial charge on any atom is 0.251 e. The van der Waals surface area contributed by atoms with Crippen LogP contribution in [0.5, 0.6) is 0 Å². The first-order chi connectivity index (χ1) is 16.7. The number of carbonyl (C=O) groups is 2. The molecule has 2 heterocycles. The third-order valence-corrected chi connectivity index (χ3v) is 7.64. The zero-order valence-electron chi connectivity index (χ0n) is 19.0. The molecule has 0 atom stereocenters. The number of hydrogen-bond donors (Lipinski definition) is 1. The number of fused-ring (bicyclic) bond motifs is 2. The highest BCUT2D eigenvalue weighted by molar-refractivity contribution is 14.1. The Morgan fingerprint density at radius 1 is 1.17 bits per heavy atom. The molecule has 1 aliphatic rings. The van der Waals surface area contributed by atoms with Crippen molar-refractivity contribution < 1.29 is 18.4 Å². The Kier molecular flexibility index (Phi) is 6.09. The summed E-state index contributed by atoms with van der Waals surface area (Å²) >= 11 is 8.40. The number of furan rings is 1. The lowest BCUT2D eigenvalue weighted by Crippen LogP contribution is -2.36. The summed E-state index contributed by atoms with van der Waals surface area (Å²) in [5.41, 5.74) is 2.94. The van der Waals surface area contributed by atoms with E-state index in [1.54, 1.807) is 24.5 Å². The molecule has 1 N–H and O–H groups in total. The van der Waals surface area contributed by atoms with E-state index in [2.05, 4.69) is 27.9 Å². The molecule has 0 unspecified atom stereocenters. The van der Waals surface area contributed by atoms with Gasteiger partial charge in [0, 0.05) is 37.2 Å². The SMILES string of the molecule is CC1(C)C(=O)N(Cc2c(F)cccc2Cl)c2cc(C(=O)NCc3cccc4occc34)cc(I)c21. The van der Waals surface area contributed by atoms with Crippen molar-refractivity contribution in [3.8, 4) is 0 Å². The van der Waals surface area contributed by atoms with Gasteiger partial charge in [-0.3, -0.25) is 9.59 Å². The van der Waals surface area contributed by atoms with Gasteiger partial charge >= 0.3 is 0 Å². The number of nitrogens with one attached hydrogen (secondary N) is 1. The summed E-state index contributed by atoms with van der Waals surface area (Å²) < 4.78 is 20.8. The molecule has 0 bridgehead atoms. The minimum Gasteiger partial charge on any atom is -0.464 e. The predicted octanol–water partition coefficient (Wildman–Crippen LogP) is 6.58. The molecule has 8 heteroatoms. The minimum absolute atomic E-state index is 0.0234. The molecule has 1 aliphatic heterocycles. The molecule has 0 saturated heterocycles. The molecule has 2 amide bonds. The van der Waals surface area contributed by atoms with Crippen LogP contribution in [0.1, 0.15) is 40.9 Å². The second-order valence-corrected chi connectivity index (χ2v) is 10.6. The molecule has 5 rings (SSSR count). The van der Waals surface area contributed by atoms with Crippen molar-refractivity contribution >= 4 is 62.7 Å². The zero-order valence-corrected chi connectivity index (χ0v) is 21.9. The molecule has 3 aromatic carbocycles. The number of anilines is 1. The summed E-state index contributed by atoms with van der Waals surface area (Å²) in [7, 11) is 0. The number of amides is 2. The van der Waals surface area contributed by atoms with Gasteiger partial charge in [0.15, 0.2) is 0 Å². The molecule has 5 nitrogen and oxygen atoms in total. The molecule has 35 heavy (non-hydrogen) atoms. The van der Waals surface area contributed by atoms with Crippen LogP contribution in [0.25, 0.3) is 11.0 Å². The Hall–Kier alpha value is -2.91. The van der Waals surface area contributed by atoms with Gasteiger partial charge in [-0.15, -0.1) is 0 Å². The lowest BCUT2D eigenvalue weighted by atomic mass is 9.86. The fourth-order valence-corrected chi connectivity index (χ4v) is 6.10. The first-order valence-corrected chi connectivity index (χ1v) is 12.5.